The third kappa shape index (κ3) is 5.91. The Labute approximate surface area is 189 Å². The van der Waals surface area contributed by atoms with Gasteiger partial charge in [0, 0.05) is 43.5 Å². The van der Waals surface area contributed by atoms with Crippen LogP contribution in [0.5, 0.6) is 0 Å². The molecule has 0 saturated heterocycles. The number of aromatic nitrogens is 3. The Hall–Kier alpha value is -1.73. The number of hydrogen-bond donors (Lipinski definition) is 2. The van der Waals surface area contributed by atoms with E-state index in [0.717, 1.165) is 54.4 Å². The smallest absolute Gasteiger partial charge is 0.191 e. The number of halogens is 1. The summed E-state index contributed by atoms with van der Waals surface area (Å²) in [6.07, 6.45) is 6.29. The number of benzene rings is 1. The van der Waals surface area contributed by atoms with Crippen molar-refractivity contribution in [3.63, 3.8) is 0 Å². The summed E-state index contributed by atoms with van der Waals surface area (Å²) in [6.45, 7) is 7.11. The molecule has 30 heavy (non-hydrogen) atoms. The predicted molar refractivity (Wildman–Crippen MR) is 127 cm³/mol. The van der Waals surface area contributed by atoms with Gasteiger partial charge in [-0.15, -0.1) is 10.2 Å². The Kier molecular flexibility index (Phi) is 8.06. The van der Waals surface area contributed by atoms with Gasteiger partial charge in [-0.1, -0.05) is 49.3 Å². The third-order valence-electron chi connectivity index (χ3n) is 5.50. The Bertz CT molecular complexity index is 859. The van der Waals surface area contributed by atoms with Crippen LogP contribution >= 0.6 is 23.4 Å². The van der Waals surface area contributed by atoms with Gasteiger partial charge in [0.15, 0.2) is 11.1 Å². The minimum Gasteiger partial charge on any atom is -0.356 e. The van der Waals surface area contributed by atoms with Crippen LogP contribution in [0, 0.1) is 5.92 Å². The average Bonchev–Trinajstić information content (AvgIpc) is 3.43. The lowest BCUT2D eigenvalue weighted by atomic mass is 9.96. The van der Waals surface area contributed by atoms with Crippen LogP contribution in [0.1, 0.15) is 44.5 Å². The van der Waals surface area contributed by atoms with Gasteiger partial charge in [-0.25, -0.2) is 0 Å². The van der Waals surface area contributed by atoms with E-state index in [0.29, 0.717) is 5.92 Å². The summed E-state index contributed by atoms with van der Waals surface area (Å²) in [4.78, 5) is 4.38. The summed E-state index contributed by atoms with van der Waals surface area (Å²) in [5.74, 6) is 2.48. The van der Waals surface area contributed by atoms with Crippen LogP contribution in [-0.4, -0.2) is 47.1 Å². The molecular weight excluding hydrogens is 416 g/mol. The van der Waals surface area contributed by atoms with Crippen molar-refractivity contribution in [2.24, 2.45) is 10.9 Å². The fraction of sp³-hybridized carbons (Fsp3) is 0.591. The van der Waals surface area contributed by atoms with Crippen molar-refractivity contribution in [2.45, 2.75) is 56.6 Å². The number of guanidine groups is 1. The molecule has 1 saturated carbocycles. The van der Waals surface area contributed by atoms with Crippen LogP contribution in [0.2, 0.25) is 5.02 Å². The van der Waals surface area contributed by atoms with Crippen LogP contribution in [0.15, 0.2) is 34.4 Å². The second kappa shape index (κ2) is 10.5. The molecule has 6 nitrogen and oxygen atoms in total. The lowest BCUT2D eigenvalue weighted by Crippen LogP contribution is -2.41. The van der Waals surface area contributed by atoms with Gasteiger partial charge in [-0.05, 0) is 49.1 Å². The molecule has 0 bridgehead atoms. The van der Waals surface area contributed by atoms with Gasteiger partial charge in [-0.3, -0.25) is 4.99 Å². The van der Waals surface area contributed by atoms with Gasteiger partial charge in [0.1, 0.15) is 5.82 Å². The lowest BCUT2D eigenvalue weighted by molar-refractivity contribution is 0.477. The van der Waals surface area contributed by atoms with Crippen LogP contribution in [-0.2, 0) is 18.4 Å². The summed E-state index contributed by atoms with van der Waals surface area (Å²) < 4.78 is 2.25. The zero-order valence-electron chi connectivity index (χ0n) is 18.4. The van der Waals surface area contributed by atoms with Crippen LogP contribution in [0.25, 0.3) is 0 Å². The van der Waals surface area contributed by atoms with Crippen molar-refractivity contribution in [2.75, 3.05) is 26.4 Å². The van der Waals surface area contributed by atoms with E-state index in [-0.39, 0.29) is 5.41 Å². The summed E-state index contributed by atoms with van der Waals surface area (Å²) in [7, 11) is 1.82. The molecule has 2 aromatic rings. The van der Waals surface area contributed by atoms with E-state index in [2.05, 4.69) is 62.6 Å². The molecule has 1 aromatic carbocycles. The number of rotatable bonds is 10. The number of hydrogen-bond acceptors (Lipinski definition) is 4. The van der Waals surface area contributed by atoms with Crippen molar-refractivity contribution in [3.8, 4) is 0 Å². The highest BCUT2D eigenvalue weighted by Crippen LogP contribution is 2.48. The van der Waals surface area contributed by atoms with Gasteiger partial charge in [0.25, 0.3) is 0 Å². The van der Waals surface area contributed by atoms with Crippen molar-refractivity contribution >= 4 is 29.3 Å². The largest absolute Gasteiger partial charge is 0.356 e. The van der Waals surface area contributed by atoms with Gasteiger partial charge in [-0.2, -0.15) is 0 Å². The number of thioether (sulfide) groups is 1. The van der Waals surface area contributed by atoms with E-state index in [1.54, 1.807) is 11.8 Å². The second-order valence-electron chi connectivity index (χ2n) is 8.35. The first-order valence-corrected chi connectivity index (χ1v) is 12.2. The van der Waals surface area contributed by atoms with Crippen molar-refractivity contribution < 1.29 is 0 Å². The number of nitrogens with zero attached hydrogens (tertiary/aromatic N) is 4. The monoisotopic (exact) mass is 448 g/mol. The molecule has 1 fully saturated rings. The van der Waals surface area contributed by atoms with Crippen LogP contribution < -0.4 is 10.6 Å². The number of aliphatic imine (C=N–C) groups is 1. The molecule has 0 spiro atoms. The first kappa shape index (κ1) is 22.9. The lowest BCUT2D eigenvalue weighted by Gasteiger charge is -2.19. The SMILES string of the molecule is CN=C(NCCCc1nnc(SC)n1CC(C)C)NCC1(c2cccc(Cl)c2)CC1. The number of nitrogens with one attached hydrogen (secondary N) is 2. The first-order valence-electron chi connectivity index (χ1n) is 10.6. The Morgan fingerprint density at radius 3 is 2.73 bits per heavy atom. The van der Waals surface area contributed by atoms with Gasteiger partial charge < -0.3 is 15.2 Å². The Morgan fingerprint density at radius 1 is 1.30 bits per heavy atom. The maximum absolute atomic E-state index is 6.18. The van der Waals surface area contributed by atoms with Gasteiger partial charge in [0.2, 0.25) is 0 Å². The molecule has 1 aromatic heterocycles. The molecular formula is C22H33ClN6S. The molecule has 0 aliphatic heterocycles. The summed E-state index contributed by atoms with van der Waals surface area (Å²) in [5, 5.41) is 17.5. The van der Waals surface area contributed by atoms with Crippen molar-refractivity contribution in [1.29, 1.82) is 0 Å². The first-order chi connectivity index (χ1) is 14.5. The Morgan fingerprint density at radius 2 is 2.10 bits per heavy atom. The molecule has 8 heteroatoms. The third-order valence-corrected chi connectivity index (χ3v) is 6.40. The molecule has 0 unspecified atom stereocenters. The van der Waals surface area contributed by atoms with E-state index in [4.69, 9.17) is 11.6 Å². The summed E-state index contributed by atoms with van der Waals surface area (Å²) in [5.41, 5.74) is 1.50. The van der Waals surface area contributed by atoms with E-state index < -0.39 is 0 Å². The standard InChI is InChI=1S/C22H33ClN6S/c1-16(2)14-29-19(27-28-21(29)30-4)9-6-12-25-20(24-3)26-15-22(10-11-22)17-7-5-8-18(23)13-17/h5,7-8,13,16H,6,9-12,14-15H2,1-4H3,(H2,24,25,26). The molecule has 1 aliphatic rings. The fourth-order valence-electron chi connectivity index (χ4n) is 3.67. The fourth-order valence-corrected chi connectivity index (χ4v) is 4.38. The maximum atomic E-state index is 6.18. The second-order valence-corrected chi connectivity index (χ2v) is 9.56. The van der Waals surface area contributed by atoms with Gasteiger partial charge in [0.05, 0.1) is 0 Å². The molecule has 0 amide bonds. The number of aryl methyl sites for hydroxylation is 1. The van der Waals surface area contributed by atoms with Crippen LogP contribution in [0.3, 0.4) is 0 Å². The van der Waals surface area contributed by atoms with Crippen molar-refractivity contribution in [3.05, 3.63) is 40.7 Å². The molecule has 0 atom stereocenters. The average molecular weight is 449 g/mol. The predicted octanol–water partition coefficient (Wildman–Crippen LogP) is 4.14. The normalized spacial score (nSPS) is 15.5. The van der Waals surface area contributed by atoms with Crippen LogP contribution in [0.4, 0.5) is 0 Å². The van der Waals surface area contributed by atoms with E-state index in [9.17, 15) is 0 Å². The molecule has 0 radical (unpaired) electrons. The highest BCUT2D eigenvalue weighted by molar-refractivity contribution is 7.98. The molecule has 2 N–H and O–H groups in total. The zero-order chi connectivity index (χ0) is 21.6. The van der Waals surface area contributed by atoms with E-state index in [1.807, 2.05) is 19.2 Å². The minimum atomic E-state index is 0.185. The van der Waals surface area contributed by atoms with Crippen molar-refractivity contribution in [1.82, 2.24) is 25.4 Å². The van der Waals surface area contributed by atoms with Gasteiger partial charge >= 0.3 is 0 Å². The molecule has 1 heterocycles. The molecule has 164 valence electrons. The molecule has 3 rings (SSSR count). The summed E-state index contributed by atoms with van der Waals surface area (Å²) in [6, 6.07) is 8.22. The highest BCUT2D eigenvalue weighted by atomic mass is 35.5. The zero-order valence-corrected chi connectivity index (χ0v) is 20.0. The highest BCUT2D eigenvalue weighted by Gasteiger charge is 2.44. The Balaban J connectivity index is 1.46. The quantitative estimate of drug-likeness (QED) is 0.247. The van der Waals surface area contributed by atoms with E-state index in [1.165, 1.54) is 18.4 Å². The minimum absolute atomic E-state index is 0.185. The summed E-state index contributed by atoms with van der Waals surface area (Å²) >= 11 is 7.84. The topological polar surface area (TPSA) is 67.1 Å². The van der Waals surface area contributed by atoms with E-state index >= 15 is 0 Å². The maximum Gasteiger partial charge on any atom is 0.191 e. The molecule has 1 aliphatic carbocycles.